The molecule has 3 rings (SSSR count). The molecule has 3 aromatic rings. The summed E-state index contributed by atoms with van der Waals surface area (Å²) >= 11 is 7.38. The fourth-order valence-electron chi connectivity index (χ4n) is 2.60. The van der Waals surface area contributed by atoms with Crippen LogP contribution in [0.3, 0.4) is 0 Å². The number of hydrogen-bond donors (Lipinski definition) is 1. The molecule has 1 N–H and O–H groups in total. The Hall–Kier alpha value is -2.52. The summed E-state index contributed by atoms with van der Waals surface area (Å²) < 4.78 is 41.1. The molecule has 0 aliphatic carbocycles. The van der Waals surface area contributed by atoms with E-state index in [0.29, 0.717) is 21.7 Å². The first-order valence-electron chi connectivity index (χ1n) is 8.00. The van der Waals surface area contributed by atoms with Gasteiger partial charge in [0.15, 0.2) is 11.0 Å². The van der Waals surface area contributed by atoms with Crippen LogP contribution < -0.4 is 5.32 Å². The lowest BCUT2D eigenvalue weighted by Crippen LogP contribution is -2.27. The molecule has 0 unspecified atom stereocenters. The molecule has 0 saturated heterocycles. The van der Waals surface area contributed by atoms with Crippen molar-refractivity contribution in [3.8, 4) is 5.69 Å². The number of hydrogen-bond acceptors (Lipinski definition) is 4. The molecule has 0 atom stereocenters. The van der Waals surface area contributed by atoms with Crippen molar-refractivity contribution in [2.75, 3.05) is 6.26 Å². The SMILES string of the molecule is CSc1nnc(CNC(=O)c2ccccc2C(F)(F)F)n1-c1cccc(Cl)c1. The van der Waals surface area contributed by atoms with Gasteiger partial charge in [0.25, 0.3) is 5.91 Å². The summed E-state index contributed by atoms with van der Waals surface area (Å²) in [6.07, 6.45) is -2.81. The zero-order valence-electron chi connectivity index (χ0n) is 14.5. The molecule has 10 heteroatoms. The number of alkyl halides is 3. The molecule has 2 aromatic carbocycles. The minimum absolute atomic E-state index is 0.106. The fourth-order valence-corrected chi connectivity index (χ4v) is 3.30. The van der Waals surface area contributed by atoms with Crippen molar-refractivity contribution in [2.45, 2.75) is 17.9 Å². The number of nitrogens with one attached hydrogen (secondary N) is 1. The van der Waals surface area contributed by atoms with Crippen LogP contribution >= 0.6 is 23.4 Å². The van der Waals surface area contributed by atoms with Gasteiger partial charge in [-0.25, -0.2) is 0 Å². The second-order valence-corrected chi connectivity index (χ2v) is 6.85. The minimum atomic E-state index is -4.62. The van der Waals surface area contributed by atoms with Gasteiger partial charge in [-0.1, -0.05) is 41.6 Å². The maximum atomic E-state index is 13.1. The molecule has 0 aliphatic heterocycles. The normalized spacial score (nSPS) is 11.5. The molecule has 146 valence electrons. The number of thioether (sulfide) groups is 1. The number of nitrogens with zero attached hydrogens (tertiary/aromatic N) is 3. The monoisotopic (exact) mass is 426 g/mol. The second-order valence-electron chi connectivity index (χ2n) is 5.64. The first-order chi connectivity index (χ1) is 13.3. The van der Waals surface area contributed by atoms with E-state index in [9.17, 15) is 18.0 Å². The molecule has 0 bridgehead atoms. The highest BCUT2D eigenvalue weighted by atomic mass is 35.5. The first-order valence-corrected chi connectivity index (χ1v) is 9.60. The Morgan fingerprint density at radius 2 is 1.93 bits per heavy atom. The van der Waals surface area contributed by atoms with Gasteiger partial charge in [0.05, 0.1) is 23.4 Å². The van der Waals surface area contributed by atoms with Crippen molar-refractivity contribution in [1.82, 2.24) is 20.1 Å². The lowest BCUT2D eigenvalue weighted by atomic mass is 10.1. The van der Waals surface area contributed by atoms with Gasteiger partial charge in [-0.2, -0.15) is 13.2 Å². The van der Waals surface area contributed by atoms with Crippen molar-refractivity contribution in [1.29, 1.82) is 0 Å². The summed E-state index contributed by atoms with van der Waals surface area (Å²) in [5, 5.41) is 11.6. The van der Waals surface area contributed by atoms with Crippen LogP contribution in [0.1, 0.15) is 21.7 Å². The quantitative estimate of drug-likeness (QED) is 0.606. The number of benzene rings is 2. The largest absolute Gasteiger partial charge is 0.417 e. The zero-order chi connectivity index (χ0) is 20.3. The van der Waals surface area contributed by atoms with Crippen molar-refractivity contribution in [2.24, 2.45) is 0 Å². The van der Waals surface area contributed by atoms with E-state index in [-0.39, 0.29) is 6.54 Å². The van der Waals surface area contributed by atoms with Crippen LogP contribution in [0.15, 0.2) is 53.7 Å². The van der Waals surface area contributed by atoms with E-state index in [1.54, 1.807) is 28.8 Å². The molecule has 5 nitrogen and oxygen atoms in total. The first kappa shape index (κ1) is 20.2. The minimum Gasteiger partial charge on any atom is -0.345 e. The summed E-state index contributed by atoms with van der Waals surface area (Å²) in [5.74, 6) is -0.483. The Balaban J connectivity index is 1.87. The Kier molecular flexibility index (Phi) is 5.95. The van der Waals surface area contributed by atoms with Gasteiger partial charge < -0.3 is 5.32 Å². The lowest BCUT2D eigenvalue weighted by Gasteiger charge is -2.13. The maximum absolute atomic E-state index is 13.1. The second kappa shape index (κ2) is 8.24. The number of halogens is 4. The van der Waals surface area contributed by atoms with Crippen LogP contribution in [0.4, 0.5) is 13.2 Å². The van der Waals surface area contributed by atoms with E-state index < -0.39 is 23.2 Å². The van der Waals surface area contributed by atoms with Crippen LogP contribution in [0.25, 0.3) is 5.69 Å². The van der Waals surface area contributed by atoms with Gasteiger partial charge in [-0.3, -0.25) is 9.36 Å². The highest BCUT2D eigenvalue weighted by Gasteiger charge is 2.34. The third-order valence-corrected chi connectivity index (χ3v) is 4.70. The number of amides is 1. The fraction of sp³-hybridized carbons (Fsp3) is 0.167. The van der Waals surface area contributed by atoms with E-state index >= 15 is 0 Å². The molecule has 1 amide bonds. The smallest absolute Gasteiger partial charge is 0.345 e. The third-order valence-electron chi connectivity index (χ3n) is 3.83. The number of aromatic nitrogens is 3. The van der Waals surface area contributed by atoms with Crippen LogP contribution in [0, 0.1) is 0 Å². The van der Waals surface area contributed by atoms with E-state index in [2.05, 4.69) is 15.5 Å². The topological polar surface area (TPSA) is 59.8 Å². The van der Waals surface area contributed by atoms with Crippen molar-refractivity contribution in [3.05, 3.63) is 70.5 Å². The van der Waals surface area contributed by atoms with Crippen LogP contribution in [-0.4, -0.2) is 26.9 Å². The molecule has 28 heavy (non-hydrogen) atoms. The van der Waals surface area contributed by atoms with Gasteiger partial charge in [-0.05, 0) is 36.6 Å². The maximum Gasteiger partial charge on any atom is 0.417 e. The summed E-state index contributed by atoms with van der Waals surface area (Å²) in [4.78, 5) is 12.4. The Labute approximate surface area is 167 Å². The van der Waals surface area contributed by atoms with Crippen molar-refractivity contribution < 1.29 is 18.0 Å². The van der Waals surface area contributed by atoms with Gasteiger partial charge in [0.1, 0.15) is 0 Å². The summed E-state index contributed by atoms with van der Waals surface area (Å²) in [5.41, 5.74) is -0.760. The molecule has 0 radical (unpaired) electrons. The summed E-state index contributed by atoms with van der Waals surface area (Å²) in [6, 6.07) is 11.6. The average molecular weight is 427 g/mol. The van der Waals surface area contributed by atoms with E-state index in [1.807, 2.05) is 6.26 Å². The third kappa shape index (κ3) is 4.31. The number of carbonyl (C=O) groups is 1. The Morgan fingerprint density at radius 3 is 2.61 bits per heavy atom. The van der Waals surface area contributed by atoms with Gasteiger partial charge in [0.2, 0.25) is 0 Å². The zero-order valence-corrected chi connectivity index (χ0v) is 16.1. The molecular formula is C18H14ClF3N4OS. The van der Waals surface area contributed by atoms with Gasteiger partial charge in [-0.15, -0.1) is 10.2 Å². The Morgan fingerprint density at radius 1 is 1.18 bits per heavy atom. The molecule has 1 heterocycles. The standard InChI is InChI=1S/C18H14ClF3N4OS/c1-28-17-25-24-15(26(17)12-6-4-5-11(19)9-12)10-23-16(27)13-7-2-3-8-14(13)18(20,21)22/h2-9H,10H2,1H3,(H,23,27). The number of rotatable bonds is 5. The molecule has 0 spiro atoms. The van der Waals surface area contributed by atoms with Crippen molar-refractivity contribution in [3.63, 3.8) is 0 Å². The molecule has 0 aliphatic rings. The van der Waals surface area contributed by atoms with Crippen molar-refractivity contribution >= 4 is 29.3 Å². The van der Waals surface area contributed by atoms with Crippen LogP contribution in [-0.2, 0) is 12.7 Å². The number of carbonyl (C=O) groups excluding carboxylic acids is 1. The van der Waals surface area contributed by atoms with Crippen LogP contribution in [0.5, 0.6) is 0 Å². The molecule has 0 saturated carbocycles. The summed E-state index contributed by atoms with van der Waals surface area (Å²) in [6.45, 7) is -0.106. The molecule has 0 fully saturated rings. The summed E-state index contributed by atoms with van der Waals surface area (Å²) in [7, 11) is 0. The lowest BCUT2D eigenvalue weighted by molar-refractivity contribution is -0.137. The van der Waals surface area contributed by atoms with Crippen LogP contribution in [0.2, 0.25) is 5.02 Å². The highest BCUT2D eigenvalue weighted by molar-refractivity contribution is 7.98. The van der Waals surface area contributed by atoms with E-state index in [1.165, 1.54) is 23.9 Å². The predicted molar refractivity (Wildman–Crippen MR) is 101 cm³/mol. The Bertz CT molecular complexity index is 1010. The molecule has 1 aromatic heterocycles. The molecular weight excluding hydrogens is 413 g/mol. The van der Waals surface area contributed by atoms with Gasteiger partial charge in [0, 0.05) is 5.02 Å². The van der Waals surface area contributed by atoms with E-state index in [4.69, 9.17) is 11.6 Å². The predicted octanol–water partition coefficient (Wildman–Crippen LogP) is 4.59. The highest BCUT2D eigenvalue weighted by Crippen LogP contribution is 2.31. The average Bonchev–Trinajstić information content (AvgIpc) is 3.08. The van der Waals surface area contributed by atoms with E-state index in [0.717, 1.165) is 12.1 Å². The van der Waals surface area contributed by atoms with Gasteiger partial charge >= 0.3 is 6.18 Å².